The molecule has 2 aromatic carbocycles. The topological polar surface area (TPSA) is 55.8 Å². The Bertz CT molecular complexity index is 927. The lowest BCUT2D eigenvalue weighted by Gasteiger charge is -2.18. The Kier molecular flexibility index (Phi) is 7.01. The van der Waals surface area contributed by atoms with E-state index in [4.69, 9.17) is 9.84 Å². The number of benzene rings is 2. The Labute approximate surface area is 167 Å². The van der Waals surface area contributed by atoms with Crippen LogP contribution in [0, 0.1) is 0 Å². The molecule has 0 aromatic heterocycles. The smallest absolute Gasteiger partial charge is 0.461 e. The number of alkyl halides is 6. The van der Waals surface area contributed by atoms with Gasteiger partial charge >= 0.3 is 18.5 Å². The van der Waals surface area contributed by atoms with E-state index < -0.39 is 36.6 Å². The molecule has 0 aliphatic carbocycles. The molecular weight excluding hydrogens is 418 g/mol. The van der Waals surface area contributed by atoms with E-state index in [2.05, 4.69) is 4.74 Å². The van der Waals surface area contributed by atoms with Gasteiger partial charge in [-0.25, -0.2) is 13.6 Å². The fourth-order valence-electron chi connectivity index (χ4n) is 2.48. The molecule has 0 radical (unpaired) electrons. The highest BCUT2D eigenvalue weighted by atomic mass is 19.3. The largest absolute Gasteiger partial charge is 0.493 e. The summed E-state index contributed by atoms with van der Waals surface area (Å²) in [6, 6.07) is 8.34. The number of ether oxygens (including phenoxy) is 2. The zero-order valence-electron chi connectivity index (χ0n) is 15.4. The van der Waals surface area contributed by atoms with Gasteiger partial charge in [0.25, 0.3) is 5.92 Å². The molecule has 0 spiro atoms. The lowest BCUT2D eigenvalue weighted by atomic mass is 10.0. The van der Waals surface area contributed by atoms with Crippen molar-refractivity contribution >= 4 is 12.0 Å². The first-order valence-electron chi connectivity index (χ1n) is 8.36. The van der Waals surface area contributed by atoms with Gasteiger partial charge in [-0.2, -0.15) is 17.6 Å². The molecule has 0 heterocycles. The quantitative estimate of drug-likeness (QED) is 0.528. The number of carboxylic acid groups (broad SMARTS) is 1. The molecule has 0 saturated heterocycles. The number of halogens is 6. The fraction of sp³-hybridized carbons (Fsp3) is 0.250. The Morgan fingerprint density at radius 1 is 1.10 bits per heavy atom. The van der Waals surface area contributed by atoms with Crippen molar-refractivity contribution in [1.82, 2.24) is 0 Å². The summed E-state index contributed by atoms with van der Waals surface area (Å²) in [5.74, 6) is -5.83. The molecule has 0 saturated carbocycles. The molecular formula is C20H16F6O4. The van der Waals surface area contributed by atoms with Gasteiger partial charge in [0.2, 0.25) is 0 Å². The van der Waals surface area contributed by atoms with Gasteiger partial charge in [-0.05, 0) is 35.4 Å². The van der Waals surface area contributed by atoms with Gasteiger partial charge in [0.05, 0.1) is 12.7 Å². The van der Waals surface area contributed by atoms with Crippen molar-refractivity contribution < 1.29 is 45.7 Å². The van der Waals surface area contributed by atoms with Crippen LogP contribution in [0.1, 0.15) is 21.5 Å². The van der Waals surface area contributed by atoms with Gasteiger partial charge in [0.1, 0.15) is 0 Å². The van der Waals surface area contributed by atoms with Crippen LogP contribution in [0.2, 0.25) is 0 Å². The van der Waals surface area contributed by atoms with Crippen LogP contribution < -0.4 is 9.47 Å². The molecule has 2 rings (SSSR count). The highest BCUT2D eigenvalue weighted by Crippen LogP contribution is 2.35. The standard InChI is InChI=1S/C20H16F6O4/c1-29-16-10-12(6-7-15(16)30-20(25,26)18(21)22)8-9-19(23,24)11-13-4-2-3-5-14(13)17(27)28/h2-10,18H,11H2,1H3,(H,27,28)/b9-8+. The first kappa shape index (κ1) is 23.1. The summed E-state index contributed by atoms with van der Waals surface area (Å²) in [5, 5.41) is 9.08. The summed E-state index contributed by atoms with van der Waals surface area (Å²) < 4.78 is 88.0. The maximum Gasteiger partial charge on any atom is 0.461 e. The number of carbonyl (C=O) groups is 1. The zero-order chi connectivity index (χ0) is 22.5. The minimum absolute atomic E-state index is 0.0739. The second-order valence-electron chi connectivity index (χ2n) is 6.11. The number of hydrogen-bond donors (Lipinski definition) is 1. The number of allylic oxidation sites excluding steroid dienone is 1. The van der Waals surface area contributed by atoms with Crippen molar-refractivity contribution in [3.63, 3.8) is 0 Å². The van der Waals surface area contributed by atoms with Crippen molar-refractivity contribution in [2.24, 2.45) is 0 Å². The maximum absolute atomic E-state index is 14.3. The van der Waals surface area contributed by atoms with Crippen molar-refractivity contribution in [1.29, 1.82) is 0 Å². The molecule has 0 aliphatic heterocycles. The summed E-state index contributed by atoms with van der Waals surface area (Å²) in [6.07, 6.45) is -8.25. The summed E-state index contributed by atoms with van der Waals surface area (Å²) in [4.78, 5) is 11.1. The lowest BCUT2D eigenvalue weighted by molar-refractivity contribution is -0.253. The fourth-order valence-corrected chi connectivity index (χ4v) is 2.48. The molecule has 10 heteroatoms. The van der Waals surface area contributed by atoms with Gasteiger partial charge in [-0.15, -0.1) is 0 Å². The van der Waals surface area contributed by atoms with E-state index in [9.17, 15) is 31.1 Å². The zero-order valence-corrected chi connectivity index (χ0v) is 15.4. The molecule has 30 heavy (non-hydrogen) atoms. The third-order valence-electron chi connectivity index (χ3n) is 3.88. The molecule has 1 N–H and O–H groups in total. The predicted molar refractivity (Wildman–Crippen MR) is 95.7 cm³/mol. The number of methoxy groups -OCH3 is 1. The van der Waals surface area contributed by atoms with Crippen molar-refractivity contribution in [2.45, 2.75) is 24.9 Å². The summed E-state index contributed by atoms with van der Waals surface area (Å²) in [5.41, 5.74) is -0.241. The molecule has 4 nitrogen and oxygen atoms in total. The summed E-state index contributed by atoms with van der Waals surface area (Å²) >= 11 is 0. The molecule has 2 aromatic rings. The van der Waals surface area contributed by atoms with Crippen molar-refractivity contribution in [2.75, 3.05) is 7.11 Å². The Morgan fingerprint density at radius 2 is 1.77 bits per heavy atom. The second kappa shape index (κ2) is 9.10. The van der Waals surface area contributed by atoms with E-state index in [1.165, 1.54) is 24.3 Å². The van der Waals surface area contributed by atoms with E-state index >= 15 is 0 Å². The Balaban J connectivity index is 2.21. The Morgan fingerprint density at radius 3 is 2.37 bits per heavy atom. The van der Waals surface area contributed by atoms with Crippen molar-refractivity contribution in [3.8, 4) is 11.5 Å². The molecule has 0 unspecified atom stereocenters. The molecule has 0 atom stereocenters. The van der Waals surface area contributed by atoms with E-state index in [1.54, 1.807) is 0 Å². The second-order valence-corrected chi connectivity index (χ2v) is 6.11. The van der Waals surface area contributed by atoms with E-state index in [0.29, 0.717) is 6.08 Å². The van der Waals surface area contributed by atoms with Gasteiger partial charge in [0, 0.05) is 6.42 Å². The average Bonchev–Trinajstić information content (AvgIpc) is 2.66. The number of hydrogen-bond acceptors (Lipinski definition) is 3. The monoisotopic (exact) mass is 434 g/mol. The van der Waals surface area contributed by atoms with Crippen LogP contribution in [-0.4, -0.2) is 36.6 Å². The molecule has 0 amide bonds. The summed E-state index contributed by atoms with van der Waals surface area (Å²) in [6.45, 7) is 0. The normalized spacial score (nSPS) is 12.4. The van der Waals surface area contributed by atoms with Crippen LogP contribution in [0.25, 0.3) is 6.08 Å². The van der Waals surface area contributed by atoms with Gasteiger partial charge in [0.15, 0.2) is 11.5 Å². The predicted octanol–water partition coefficient (Wildman–Crippen LogP) is 5.52. The van der Waals surface area contributed by atoms with Gasteiger partial charge in [-0.1, -0.05) is 30.3 Å². The van der Waals surface area contributed by atoms with Gasteiger partial charge in [-0.3, -0.25) is 0 Å². The highest BCUT2D eigenvalue weighted by molar-refractivity contribution is 5.89. The van der Waals surface area contributed by atoms with Crippen LogP contribution in [0.4, 0.5) is 26.3 Å². The molecule has 0 bridgehead atoms. The molecule has 0 fully saturated rings. The van der Waals surface area contributed by atoms with E-state index in [1.807, 2.05) is 0 Å². The van der Waals surface area contributed by atoms with E-state index in [0.717, 1.165) is 31.4 Å². The Hall–Kier alpha value is -3.17. The van der Waals surface area contributed by atoms with Crippen LogP contribution in [0.5, 0.6) is 11.5 Å². The maximum atomic E-state index is 14.3. The first-order chi connectivity index (χ1) is 13.9. The van der Waals surface area contributed by atoms with Crippen molar-refractivity contribution in [3.05, 3.63) is 65.2 Å². The number of aromatic carboxylic acids is 1. The number of rotatable bonds is 9. The summed E-state index contributed by atoms with van der Waals surface area (Å²) in [7, 11) is 1.06. The minimum atomic E-state index is -4.75. The molecule has 162 valence electrons. The average molecular weight is 434 g/mol. The molecule has 0 aliphatic rings. The van der Waals surface area contributed by atoms with E-state index in [-0.39, 0.29) is 22.4 Å². The number of carboxylic acids is 1. The first-order valence-corrected chi connectivity index (χ1v) is 8.36. The third kappa shape index (κ3) is 5.91. The van der Waals surface area contributed by atoms with Gasteiger partial charge < -0.3 is 14.6 Å². The SMILES string of the molecule is COc1cc(/C=C/C(F)(F)Cc2ccccc2C(=O)O)ccc1OC(F)(F)C(F)F. The van der Waals surface area contributed by atoms with Crippen LogP contribution in [0.15, 0.2) is 48.5 Å². The lowest BCUT2D eigenvalue weighted by Crippen LogP contribution is -2.33. The third-order valence-corrected chi connectivity index (χ3v) is 3.88. The minimum Gasteiger partial charge on any atom is -0.493 e. The van der Waals surface area contributed by atoms with Crippen LogP contribution >= 0.6 is 0 Å². The van der Waals surface area contributed by atoms with Crippen LogP contribution in [0.3, 0.4) is 0 Å². The highest BCUT2D eigenvalue weighted by Gasteiger charge is 2.44. The van der Waals surface area contributed by atoms with Crippen LogP contribution in [-0.2, 0) is 6.42 Å².